The molecule has 4 rings (SSSR count). The van der Waals surface area contributed by atoms with E-state index < -0.39 is 0 Å². The van der Waals surface area contributed by atoms with Gasteiger partial charge in [0.1, 0.15) is 0 Å². The van der Waals surface area contributed by atoms with Crippen LogP contribution >= 0.6 is 0 Å². The summed E-state index contributed by atoms with van der Waals surface area (Å²) in [6.45, 7) is 2.20. The summed E-state index contributed by atoms with van der Waals surface area (Å²) < 4.78 is 2.36. The number of rotatable bonds is 1. The van der Waals surface area contributed by atoms with Gasteiger partial charge in [-0.05, 0) is 67.7 Å². The molecule has 0 radical (unpaired) electrons. The monoisotopic (exact) mass is 265 g/mol. The molecule has 1 fully saturated rings. The molecular weight excluding hydrogens is 246 g/mol. The molecule has 0 unspecified atom stereocenters. The van der Waals surface area contributed by atoms with Crippen LogP contribution in [-0.2, 0) is 11.8 Å². The molecule has 2 aliphatic rings. The molecule has 1 spiro atoms. The topological polar surface area (TPSA) is 40.8 Å². The highest BCUT2D eigenvalue weighted by atomic mass is 15.0. The van der Waals surface area contributed by atoms with Crippen LogP contribution in [0.2, 0.25) is 0 Å². The third kappa shape index (κ3) is 1.59. The minimum Gasteiger partial charge on any atom is -0.320 e. The van der Waals surface area contributed by atoms with Gasteiger partial charge < -0.3 is 15.3 Å². The molecular formula is C17H19N3. The molecule has 0 atom stereocenters. The van der Waals surface area contributed by atoms with E-state index in [2.05, 4.69) is 40.3 Å². The zero-order chi connectivity index (χ0) is 13.6. The molecule has 3 nitrogen and oxygen atoms in total. The van der Waals surface area contributed by atoms with Crippen LogP contribution in [-0.4, -0.2) is 23.9 Å². The van der Waals surface area contributed by atoms with Crippen molar-refractivity contribution in [2.24, 2.45) is 0 Å². The molecule has 1 saturated heterocycles. The maximum atomic E-state index is 7.47. The first-order chi connectivity index (χ1) is 9.82. The Hall–Kier alpha value is -1.87. The predicted octanol–water partition coefficient (Wildman–Crippen LogP) is 2.65. The first kappa shape index (κ1) is 11.9. The van der Waals surface area contributed by atoms with Crippen LogP contribution in [0, 0.1) is 5.41 Å². The Kier molecular flexibility index (Phi) is 2.57. The quantitative estimate of drug-likeness (QED) is 0.765. The van der Waals surface area contributed by atoms with Gasteiger partial charge in [0.15, 0.2) is 0 Å². The van der Waals surface area contributed by atoms with E-state index in [9.17, 15) is 0 Å². The van der Waals surface area contributed by atoms with Gasteiger partial charge in [0.25, 0.3) is 0 Å². The second-order valence-corrected chi connectivity index (χ2v) is 6.00. The van der Waals surface area contributed by atoms with E-state index in [1.165, 1.54) is 36.0 Å². The minimum absolute atomic E-state index is 0.280. The van der Waals surface area contributed by atoms with Crippen LogP contribution in [0.25, 0.3) is 5.69 Å². The Morgan fingerprint density at radius 3 is 2.85 bits per heavy atom. The zero-order valence-corrected chi connectivity index (χ0v) is 11.5. The zero-order valence-electron chi connectivity index (χ0n) is 11.5. The number of nitrogens with zero attached hydrogens (tertiary/aromatic N) is 1. The van der Waals surface area contributed by atoms with E-state index in [1.807, 2.05) is 6.07 Å². The maximum Gasteiger partial charge on any atom is 0.0485 e. The Morgan fingerprint density at radius 2 is 2.05 bits per heavy atom. The summed E-state index contributed by atoms with van der Waals surface area (Å²) in [5, 5.41) is 11.0. The second kappa shape index (κ2) is 4.32. The first-order valence-electron chi connectivity index (χ1n) is 7.35. The van der Waals surface area contributed by atoms with Gasteiger partial charge in [0.2, 0.25) is 0 Å². The van der Waals surface area contributed by atoms with Crippen LogP contribution < -0.4 is 5.32 Å². The van der Waals surface area contributed by atoms with Crippen molar-refractivity contribution in [3.63, 3.8) is 0 Å². The summed E-state index contributed by atoms with van der Waals surface area (Å²) in [5.41, 5.74) is 5.43. The molecule has 0 aliphatic carbocycles. The Morgan fingerprint density at radius 1 is 1.20 bits per heavy atom. The molecule has 0 bridgehead atoms. The standard InChI is InChI=1S/C17H19N3/c18-12-13-3-4-15-14(10-13)11-17(5-7-19-8-6-17)16-2-1-9-20(15)16/h1-4,9-10,12,18-19H,5-8,11H2. The average Bonchev–Trinajstić information content (AvgIpc) is 2.98. The van der Waals surface area contributed by atoms with Gasteiger partial charge in [0, 0.05) is 29.2 Å². The number of benzene rings is 1. The fraction of sp³-hybridized carbons (Fsp3) is 0.353. The lowest BCUT2D eigenvalue weighted by atomic mass is 9.69. The van der Waals surface area contributed by atoms with E-state index in [1.54, 1.807) is 0 Å². The predicted molar refractivity (Wildman–Crippen MR) is 81.1 cm³/mol. The van der Waals surface area contributed by atoms with Gasteiger partial charge in [0.05, 0.1) is 0 Å². The molecule has 1 aromatic heterocycles. The lowest BCUT2D eigenvalue weighted by molar-refractivity contribution is 0.287. The fourth-order valence-electron chi connectivity index (χ4n) is 3.89. The van der Waals surface area contributed by atoms with Crippen molar-refractivity contribution in [2.45, 2.75) is 24.7 Å². The van der Waals surface area contributed by atoms with Crippen LogP contribution in [0.15, 0.2) is 36.5 Å². The van der Waals surface area contributed by atoms with E-state index in [0.717, 1.165) is 25.1 Å². The molecule has 2 N–H and O–H groups in total. The summed E-state index contributed by atoms with van der Waals surface area (Å²) in [4.78, 5) is 0. The van der Waals surface area contributed by atoms with Crippen LogP contribution in [0.1, 0.15) is 29.7 Å². The number of aromatic nitrogens is 1. The van der Waals surface area contributed by atoms with Crippen molar-refractivity contribution in [1.82, 2.24) is 9.88 Å². The summed E-state index contributed by atoms with van der Waals surface area (Å²) in [6, 6.07) is 10.8. The summed E-state index contributed by atoms with van der Waals surface area (Å²) >= 11 is 0. The highest BCUT2D eigenvalue weighted by Gasteiger charge is 2.39. The lowest BCUT2D eigenvalue weighted by Gasteiger charge is -2.42. The third-order valence-corrected chi connectivity index (χ3v) is 4.91. The molecule has 3 heterocycles. The van der Waals surface area contributed by atoms with Gasteiger partial charge in [-0.15, -0.1) is 0 Å². The smallest absolute Gasteiger partial charge is 0.0485 e. The van der Waals surface area contributed by atoms with Crippen LogP contribution in [0.4, 0.5) is 0 Å². The van der Waals surface area contributed by atoms with Crippen molar-refractivity contribution >= 4 is 6.21 Å². The molecule has 2 aromatic rings. The third-order valence-electron chi connectivity index (χ3n) is 4.91. The SMILES string of the molecule is N=Cc1ccc2c(c1)CC1(CCNCC1)c1cccn1-2. The summed E-state index contributed by atoms with van der Waals surface area (Å²) in [7, 11) is 0. The highest BCUT2D eigenvalue weighted by Crippen LogP contribution is 2.43. The molecule has 2 aliphatic heterocycles. The van der Waals surface area contributed by atoms with E-state index >= 15 is 0 Å². The number of piperidine rings is 1. The van der Waals surface area contributed by atoms with Crippen molar-refractivity contribution in [1.29, 1.82) is 5.41 Å². The number of hydrogen-bond donors (Lipinski definition) is 2. The van der Waals surface area contributed by atoms with E-state index in [0.29, 0.717) is 0 Å². The van der Waals surface area contributed by atoms with Crippen molar-refractivity contribution in [3.8, 4) is 5.69 Å². The number of nitrogens with one attached hydrogen (secondary N) is 2. The Labute approximate surface area is 119 Å². The minimum atomic E-state index is 0.280. The molecule has 20 heavy (non-hydrogen) atoms. The number of fused-ring (bicyclic) bond motifs is 4. The molecule has 102 valence electrons. The second-order valence-electron chi connectivity index (χ2n) is 6.00. The van der Waals surface area contributed by atoms with Crippen molar-refractivity contribution in [3.05, 3.63) is 53.3 Å². The molecule has 0 saturated carbocycles. The fourth-order valence-corrected chi connectivity index (χ4v) is 3.89. The van der Waals surface area contributed by atoms with Crippen LogP contribution in [0.5, 0.6) is 0 Å². The van der Waals surface area contributed by atoms with Gasteiger partial charge in [-0.2, -0.15) is 0 Å². The lowest BCUT2D eigenvalue weighted by Crippen LogP contribution is -2.44. The van der Waals surface area contributed by atoms with E-state index in [-0.39, 0.29) is 5.41 Å². The van der Waals surface area contributed by atoms with Gasteiger partial charge in [-0.25, -0.2) is 0 Å². The summed E-state index contributed by atoms with van der Waals surface area (Å²) in [5.74, 6) is 0. The molecule has 3 heteroatoms. The van der Waals surface area contributed by atoms with E-state index in [4.69, 9.17) is 5.41 Å². The molecule has 0 amide bonds. The summed E-state index contributed by atoms with van der Waals surface area (Å²) in [6.07, 6.45) is 7.13. The normalized spacial score (nSPS) is 19.4. The maximum absolute atomic E-state index is 7.47. The van der Waals surface area contributed by atoms with Gasteiger partial charge in [-0.3, -0.25) is 0 Å². The Balaban J connectivity index is 1.90. The average molecular weight is 265 g/mol. The van der Waals surface area contributed by atoms with Gasteiger partial charge >= 0.3 is 0 Å². The molecule has 1 aromatic carbocycles. The van der Waals surface area contributed by atoms with Crippen molar-refractivity contribution in [2.75, 3.05) is 13.1 Å². The van der Waals surface area contributed by atoms with Gasteiger partial charge in [-0.1, -0.05) is 6.07 Å². The van der Waals surface area contributed by atoms with Crippen molar-refractivity contribution < 1.29 is 0 Å². The van der Waals surface area contributed by atoms with Crippen LogP contribution in [0.3, 0.4) is 0 Å². The first-order valence-corrected chi connectivity index (χ1v) is 7.35. The largest absolute Gasteiger partial charge is 0.320 e. The number of hydrogen-bond acceptors (Lipinski definition) is 2. The highest BCUT2D eigenvalue weighted by molar-refractivity contribution is 5.78. The Bertz CT molecular complexity index is 663.